The summed E-state index contributed by atoms with van der Waals surface area (Å²) in [6, 6.07) is 10.9. The molecule has 1 aliphatic rings. The van der Waals surface area contributed by atoms with Crippen molar-refractivity contribution in [1.29, 1.82) is 0 Å². The molecule has 0 bridgehead atoms. The van der Waals surface area contributed by atoms with E-state index in [2.05, 4.69) is 13.8 Å². The molecule has 9 nitrogen and oxygen atoms in total. The van der Waals surface area contributed by atoms with Gasteiger partial charge < -0.3 is 24.8 Å². The highest BCUT2D eigenvalue weighted by molar-refractivity contribution is 6.00. The summed E-state index contributed by atoms with van der Waals surface area (Å²) in [4.78, 5) is 27.8. The van der Waals surface area contributed by atoms with E-state index >= 15 is 0 Å². The summed E-state index contributed by atoms with van der Waals surface area (Å²) in [5.41, 5.74) is 10.9. The van der Waals surface area contributed by atoms with Crippen LogP contribution >= 0.6 is 0 Å². The number of nitrogen functional groups attached to an aromatic ring is 1. The standard InChI is InChI=1S/C29H36N4O5/c1-29(2)16-23-27(24(34)17-29)21(13-18-7-10-25(37-5)26(14-18)38-6)31-33(23)22-9-8-19(15-20(22)30)28(35)32(3)11-12-36-4/h7-10,14-15H,11-13,16-17,30H2,1-6H3. The predicted octanol–water partition coefficient (Wildman–Crippen LogP) is 3.94. The quantitative estimate of drug-likeness (QED) is 0.426. The topological polar surface area (TPSA) is 109 Å². The van der Waals surface area contributed by atoms with Crippen LogP contribution in [0.5, 0.6) is 11.5 Å². The molecule has 1 amide bonds. The van der Waals surface area contributed by atoms with Gasteiger partial charge >= 0.3 is 0 Å². The summed E-state index contributed by atoms with van der Waals surface area (Å²) in [7, 11) is 6.51. The number of carbonyl (C=O) groups excluding carboxylic acids is 2. The first-order valence-electron chi connectivity index (χ1n) is 12.6. The Morgan fingerprint density at radius 1 is 1.08 bits per heavy atom. The van der Waals surface area contributed by atoms with Crippen molar-refractivity contribution in [3.63, 3.8) is 0 Å². The van der Waals surface area contributed by atoms with Crippen LogP contribution in [0.2, 0.25) is 0 Å². The molecule has 1 heterocycles. The van der Waals surface area contributed by atoms with E-state index < -0.39 is 0 Å². The number of methoxy groups -OCH3 is 3. The second-order valence-corrected chi connectivity index (χ2v) is 10.5. The van der Waals surface area contributed by atoms with E-state index in [4.69, 9.17) is 25.0 Å². The summed E-state index contributed by atoms with van der Waals surface area (Å²) < 4.78 is 17.7. The average Bonchev–Trinajstić information content (AvgIpc) is 3.23. The Hall–Kier alpha value is -3.85. The van der Waals surface area contributed by atoms with Crippen molar-refractivity contribution >= 4 is 17.4 Å². The number of fused-ring (bicyclic) bond motifs is 1. The number of anilines is 1. The number of Topliss-reactive ketones (excluding diaryl/α,β-unsaturated/α-hetero) is 1. The highest BCUT2D eigenvalue weighted by atomic mass is 16.5. The minimum Gasteiger partial charge on any atom is -0.493 e. The molecule has 9 heteroatoms. The van der Waals surface area contributed by atoms with E-state index in [1.165, 1.54) is 0 Å². The molecule has 0 atom stereocenters. The zero-order valence-corrected chi connectivity index (χ0v) is 23.0. The van der Waals surface area contributed by atoms with Gasteiger partial charge in [0.2, 0.25) is 0 Å². The first kappa shape index (κ1) is 27.2. The number of amides is 1. The van der Waals surface area contributed by atoms with E-state index in [1.54, 1.807) is 56.2 Å². The number of ketones is 1. The molecular formula is C29H36N4O5. The summed E-state index contributed by atoms with van der Waals surface area (Å²) in [6.07, 6.45) is 1.57. The first-order chi connectivity index (χ1) is 18.1. The Morgan fingerprint density at radius 3 is 2.47 bits per heavy atom. The Morgan fingerprint density at radius 2 is 1.82 bits per heavy atom. The monoisotopic (exact) mass is 520 g/mol. The summed E-state index contributed by atoms with van der Waals surface area (Å²) in [6.45, 7) is 5.09. The molecule has 202 valence electrons. The lowest BCUT2D eigenvalue weighted by atomic mass is 9.75. The Kier molecular flexibility index (Phi) is 7.78. The number of nitrogens with two attached hydrogens (primary N) is 1. The van der Waals surface area contributed by atoms with Crippen LogP contribution in [0.3, 0.4) is 0 Å². The number of hydrogen-bond donors (Lipinski definition) is 1. The van der Waals surface area contributed by atoms with Crippen LogP contribution in [-0.4, -0.2) is 67.9 Å². The molecule has 0 spiro atoms. The minimum atomic E-state index is -0.211. The highest BCUT2D eigenvalue weighted by Gasteiger charge is 2.37. The van der Waals surface area contributed by atoms with Crippen molar-refractivity contribution in [2.24, 2.45) is 5.41 Å². The SMILES string of the molecule is COCCN(C)C(=O)c1ccc(-n2nc(Cc3ccc(OC)c(OC)c3)c3c2CC(C)(C)CC3=O)c(N)c1. The number of benzene rings is 2. The van der Waals surface area contributed by atoms with Crippen molar-refractivity contribution in [2.45, 2.75) is 33.1 Å². The van der Waals surface area contributed by atoms with E-state index in [0.717, 1.165) is 11.3 Å². The lowest BCUT2D eigenvalue weighted by Gasteiger charge is -2.29. The Bertz CT molecular complexity index is 1360. The summed E-state index contributed by atoms with van der Waals surface area (Å²) in [5, 5.41) is 4.91. The fourth-order valence-corrected chi connectivity index (χ4v) is 4.97. The van der Waals surface area contributed by atoms with Gasteiger partial charge in [0, 0.05) is 39.1 Å². The maximum absolute atomic E-state index is 13.4. The second-order valence-electron chi connectivity index (χ2n) is 10.5. The van der Waals surface area contributed by atoms with Crippen LogP contribution in [0, 0.1) is 5.41 Å². The van der Waals surface area contributed by atoms with Crippen molar-refractivity contribution in [3.05, 3.63) is 64.5 Å². The lowest BCUT2D eigenvalue weighted by molar-refractivity contribution is 0.0744. The van der Waals surface area contributed by atoms with E-state index in [-0.39, 0.29) is 17.1 Å². The minimum absolute atomic E-state index is 0.0723. The maximum Gasteiger partial charge on any atom is 0.253 e. The summed E-state index contributed by atoms with van der Waals surface area (Å²) in [5.74, 6) is 1.18. The third-order valence-electron chi connectivity index (χ3n) is 6.92. The van der Waals surface area contributed by atoms with Crippen LogP contribution in [-0.2, 0) is 17.6 Å². The molecule has 0 radical (unpaired) electrons. The van der Waals surface area contributed by atoms with Gasteiger partial charge in [-0.3, -0.25) is 9.59 Å². The number of ether oxygens (including phenoxy) is 3. The van der Waals surface area contributed by atoms with Gasteiger partial charge in [-0.1, -0.05) is 19.9 Å². The lowest BCUT2D eigenvalue weighted by Crippen LogP contribution is -2.30. The molecule has 0 aliphatic heterocycles. The van der Waals surface area contributed by atoms with E-state index in [1.807, 2.05) is 18.2 Å². The van der Waals surface area contributed by atoms with E-state index in [9.17, 15) is 9.59 Å². The molecule has 1 aliphatic carbocycles. The molecule has 1 aromatic heterocycles. The molecular weight excluding hydrogens is 484 g/mol. The molecule has 2 N–H and O–H groups in total. The highest BCUT2D eigenvalue weighted by Crippen LogP contribution is 2.39. The van der Waals surface area contributed by atoms with Crippen molar-refractivity contribution in [1.82, 2.24) is 14.7 Å². The molecule has 0 unspecified atom stereocenters. The predicted molar refractivity (Wildman–Crippen MR) is 146 cm³/mol. The van der Waals surface area contributed by atoms with Crippen molar-refractivity contribution in [3.8, 4) is 17.2 Å². The first-order valence-corrected chi connectivity index (χ1v) is 12.6. The fraction of sp³-hybridized carbons (Fsp3) is 0.414. The van der Waals surface area contributed by atoms with Gasteiger partial charge in [-0.05, 0) is 47.7 Å². The molecule has 38 heavy (non-hydrogen) atoms. The van der Waals surface area contributed by atoms with Crippen LogP contribution < -0.4 is 15.2 Å². The molecule has 2 aromatic carbocycles. The van der Waals surface area contributed by atoms with Gasteiger partial charge in [0.05, 0.1) is 49.2 Å². The third-order valence-corrected chi connectivity index (χ3v) is 6.92. The van der Waals surface area contributed by atoms with Crippen LogP contribution in [0.25, 0.3) is 5.69 Å². The van der Waals surface area contributed by atoms with Gasteiger partial charge in [0.1, 0.15) is 0 Å². The molecule has 3 aromatic rings. The van der Waals surface area contributed by atoms with E-state index in [0.29, 0.717) is 72.1 Å². The van der Waals surface area contributed by atoms with Gasteiger partial charge in [0.15, 0.2) is 17.3 Å². The number of likely N-dealkylation sites (N-methyl/N-ethyl adjacent to an activating group) is 1. The number of aromatic nitrogens is 2. The third kappa shape index (κ3) is 5.38. The smallest absolute Gasteiger partial charge is 0.253 e. The number of rotatable bonds is 9. The number of carbonyl (C=O) groups is 2. The zero-order valence-electron chi connectivity index (χ0n) is 23.0. The summed E-state index contributed by atoms with van der Waals surface area (Å²) >= 11 is 0. The normalized spacial score (nSPS) is 14.2. The molecule has 0 fully saturated rings. The largest absolute Gasteiger partial charge is 0.493 e. The maximum atomic E-state index is 13.4. The second kappa shape index (κ2) is 10.9. The van der Waals surface area contributed by atoms with Crippen LogP contribution in [0.4, 0.5) is 5.69 Å². The Labute approximate surface area is 223 Å². The Balaban J connectivity index is 1.75. The van der Waals surface area contributed by atoms with Gasteiger partial charge in [-0.2, -0.15) is 5.10 Å². The fourth-order valence-electron chi connectivity index (χ4n) is 4.97. The molecule has 0 saturated carbocycles. The van der Waals surface area contributed by atoms with Crippen molar-refractivity contribution < 1.29 is 23.8 Å². The van der Waals surface area contributed by atoms with Crippen LogP contribution in [0.15, 0.2) is 36.4 Å². The number of hydrogen-bond acceptors (Lipinski definition) is 7. The van der Waals surface area contributed by atoms with Gasteiger partial charge in [-0.15, -0.1) is 0 Å². The number of nitrogens with zero attached hydrogens (tertiary/aromatic N) is 3. The average molecular weight is 521 g/mol. The van der Waals surface area contributed by atoms with Gasteiger partial charge in [0.25, 0.3) is 5.91 Å². The van der Waals surface area contributed by atoms with Crippen molar-refractivity contribution in [2.75, 3.05) is 47.3 Å². The zero-order chi connectivity index (χ0) is 27.6. The molecule has 0 saturated heterocycles. The van der Waals surface area contributed by atoms with Gasteiger partial charge in [-0.25, -0.2) is 4.68 Å². The molecule has 4 rings (SSSR count). The van der Waals surface area contributed by atoms with Crippen LogP contribution in [0.1, 0.15) is 57.9 Å².